The van der Waals surface area contributed by atoms with Crippen molar-refractivity contribution in [2.24, 2.45) is 0 Å². The van der Waals surface area contributed by atoms with Crippen molar-refractivity contribution in [1.29, 1.82) is 0 Å². The minimum Gasteiger partial charge on any atom is -0.0625 e. The van der Waals surface area contributed by atoms with Crippen LogP contribution in [0.2, 0.25) is 0 Å². The van der Waals surface area contributed by atoms with E-state index in [-0.39, 0.29) is 0 Å². The molecule has 3 rings (SSSR count). The number of allylic oxidation sites excluding steroid dienone is 2. The minimum absolute atomic E-state index is 0.656. The highest BCUT2D eigenvalue weighted by Gasteiger charge is 2.27. The summed E-state index contributed by atoms with van der Waals surface area (Å²) in [6.07, 6.45) is 5.37. The molecule has 0 bridgehead atoms. The van der Waals surface area contributed by atoms with Crippen LogP contribution in [0.25, 0.3) is 5.57 Å². The Morgan fingerprint density at radius 1 is 1.06 bits per heavy atom. The first-order valence-corrected chi connectivity index (χ1v) is 6.52. The zero-order valence-corrected chi connectivity index (χ0v) is 10.6. The topological polar surface area (TPSA) is 0 Å². The summed E-state index contributed by atoms with van der Waals surface area (Å²) in [5, 5.41) is 0. The number of aryl methyl sites for hydroxylation is 1. The third-order valence-electron chi connectivity index (χ3n) is 4.66. The zero-order chi connectivity index (χ0) is 11.3. The van der Waals surface area contributed by atoms with Gasteiger partial charge >= 0.3 is 0 Å². The van der Waals surface area contributed by atoms with E-state index in [1.165, 1.54) is 36.8 Å². The minimum atomic E-state index is 0.656. The van der Waals surface area contributed by atoms with E-state index in [0.717, 1.165) is 0 Å². The fourth-order valence-corrected chi connectivity index (χ4v) is 3.43. The van der Waals surface area contributed by atoms with Gasteiger partial charge in [-0.3, -0.25) is 0 Å². The molecule has 0 fully saturated rings. The predicted molar refractivity (Wildman–Crippen MR) is 69.8 cm³/mol. The Hall–Kier alpha value is -1.04. The molecule has 0 spiro atoms. The molecule has 1 aromatic carbocycles. The van der Waals surface area contributed by atoms with E-state index in [0.29, 0.717) is 5.92 Å². The van der Waals surface area contributed by atoms with E-state index < -0.39 is 0 Å². The smallest absolute Gasteiger partial charge is 0.00318 e. The molecule has 84 valence electrons. The van der Waals surface area contributed by atoms with Crippen LogP contribution in [-0.4, -0.2) is 0 Å². The molecule has 0 amide bonds. The lowest BCUT2D eigenvalue weighted by atomic mass is 9.83. The van der Waals surface area contributed by atoms with Crippen molar-refractivity contribution in [2.75, 3.05) is 0 Å². The van der Waals surface area contributed by atoms with Crippen LogP contribution in [-0.2, 0) is 12.8 Å². The Kier molecular flexibility index (Phi) is 2.20. The lowest BCUT2D eigenvalue weighted by molar-refractivity contribution is 0.674. The number of rotatable bonds is 0. The van der Waals surface area contributed by atoms with E-state index in [1.54, 1.807) is 22.3 Å². The van der Waals surface area contributed by atoms with Gasteiger partial charge in [-0.2, -0.15) is 0 Å². The maximum Gasteiger partial charge on any atom is 0.00318 e. The second-order valence-electron chi connectivity index (χ2n) is 5.40. The Morgan fingerprint density at radius 3 is 2.62 bits per heavy atom. The van der Waals surface area contributed by atoms with Gasteiger partial charge in [0, 0.05) is 5.92 Å². The molecule has 0 saturated heterocycles. The molecule has 1 atom stereocenters. The second kappa shape index (κ2) is 3.48. The van der Waals surface area contributed by atoms with Crippen LogP contribution >= 0.6 is 0 Å². The van der Waals surface area contributed by atoms with Crippen molar-refractivity contribution in [2.45, 2.75) is 52.4 Å². The lowest BCUT2D eigenvalue weighted by Gasteiger charge is -2.22. The predicted octanol–water partition coefficient (Wildman–Crippen LogP) is 4.48. The molecule has 0 N–H and O–H groups in total. The van der Waals surface area contributed by atoms with Crippen molar-refractivity contribution < 1.29 is 0 Å². The van der Waals surface area contributed by atoms with E-state index in [4.69, 9.17) is 0 Å². The highest BCUT2D eigenvalue weighted by Crippen LogP contribution is 2.45. The van der Waals surface area contributed by atoms with Gasteiger partial charge in [-0.25, -0.2) is 0 Å². The summed E-state index contributed by atoms with van der Waals surface area (Å²) in [5.74, 6) is 0.656. The van der Waals surface area contributed by atoms with E-state index in [9.17, 15) is 0 Å². The molecule has 1 unspecified atom stereocenters. The summed E-state index contributed by atoms with van der Waals surface area (Å²) in [5.41, 5.74) is 9.61. The van der Waals surface area contributed by atoms with Gasteiger partial charge < -0.3 is 0 Å². The van der Waals surface area contributed by atoms with Gasteiger partial charge in [-0.1, -0.05) is 24.6 Å². The van der Waals surface area contributed by atoms with Gasteiger partial charge in [-0.05, 0) is 67.4 Å². The quantitative estimate of drug-likeness (QED) is 0.595. The normalized spacial score (nSPS) is 23.3. The maximum absolute atomic E-state index is 2.38. The van der Waals surface area contributed by atoms with Crippen molar-refractivity contribution in [1.82, 2.24) is 0 Å². The number of fused-ring (bicyclic) bond motifs is 3. The average molecular weight is 212 g/mol. The summed E-state index contributed by atoms with van der Waals surface area (Å²) in [7, 11) is 0. The molecule has 0 aliphatic heterocycles. The summed E-state index contributed by atoms with van der Waals surface area (Å²) < 4.78 is 0. The fourth-order valence-electron chi connectivity index (χ4n) is 3.43. The summed E-state index contributed by atoms with van der Waals surface area (Å²) in [6.45, 7) is 6.96. The largest absolute Gasteiger partial charge is 0.0625 e. The maximum atomic E-state index is 2.38. The highest BCUT2D eigenvalue weighted by molar-refractivity contribution is 5.78. The van der Waals surface area contributed by atoms with E-state index in [1.807, 2.05) is 0 Å². The van der Waals surface area contributed by atoms with Crippen molar-refractivity contribution in [3.05, 3.63) is 40.0 Å². The van der Waals surface area contributed by atoms with Crippen LogP contribution in [0.1, 0.15) is 61.8 Å². The van der Waals surface area contributed by atoms with Crippen LogP contribution in [0, 0.1) is 0 Å². The van der Waals surface area contributed by atoms with Gasteiger partial charge in [0.15, 0.2) is 0 Å². The van der Waals surface area contributed by atoms with Crippen molar-refractivity contribution in [3.8, 4) is 0 Å². The van der Waals surface area contributed by atoms with Crippen LogP contribution in [0.3, 0.4) is 0 Å². The monoisotopic (exact) mass is 212 g/mol. The van der Waals surface area contributed by atoms with E-state index >= 15 is 0 Å². The molecule has 0 aromatic heterocycles. The van der Waals surface area contributed by atoms with Gasteiger partial charge in [0.1, 0.15) is 0 Å². The van der Waals surface area contributed by atoms with Crippen molar-refractivity contribution in [3.63, 3.8) is 0 Å². The van der Waals surface area contributed by atoms with Crippen molar-refractivity contribution >= 4 is 5.57 Å². The number of hydrogen-bond donors (Lipinski definition) is 0. The van der Waals surface area contributed by atoms with Gasteiger partial charge in [-0.15, -0.1) is 0 Å². The molecule has 0 nitrogen and oxygen atoms in total. The number of hydrogen-bond acceptors (Lipinski definition) is 0. The van der Waals surface area contributed by atoms with Crippen LogP contribution < -0.4 is 0 Å². The molecular weight excluding hydrogens is 192 g/mol. The molecule has 0 heteroatoms. The zero-order valence-electron chi connectivity index (χ0n) is 10.6. The Balaban J connectivity index is 2.23. The molecular formula is C16H20. The average Bonchev–Trinajstić information content (AvgIpc) is 2.55. The van der Waals surface area contributed by atoms with Gasteiger partial charge in [0.2, 0.25) is 0 Å². The highest BCUT2D eigenvalue weighted by atomic mass is 14.3. The molecule has 0 heterocycles. The van der Waals surface area contributed by atoms with Crippen LogP contribution in [0.5, 0.6) is 0 Å². The van der Waals surface area contributed by atoms with Crippen LogP contribution in [0.4, 0.5) is 0 Å². The lowest BCUT2D eigenvalue weighted by Crippen LogP contribution is -2.08. The summed E-state index contributed by atoms with van der Waals surface area (Å²) in [4.78, 5) is 0. The van der Waals surface area contributed by atoms with Gasteiger partial charge in [0.05, 0.1) is 0 Å². The Labute approximate surface area is 98.4 Å². The second-order valence-corrected chi connectivity index (χ2v) is 5.40. The standard InChI is InChI=1S/C16H20/c1-10-11(2)14-9-8-13-6-4-5-7-15(13)16(14)12(10)3/h8-9,12H,4-7H2,1-3H3. The van der Waals surface area contributed by atoms with Gasteiger partial charge in [0.25, 0.3) is 0 Å². The van der Waals surface area contributed by atoms with Crippen LogP contribution in [0.15, 0.2) is 17.7 Å². The molecule has 0 radical (unpaired) electrons. The molecule has 2 aliphatic carbocycles. The first kappa shape index (κ1) is 10.1. The molecule has 1 aromatic rings. The Morgan fingerprint density at radius 2 is 1.81 bits per heavy atom. The first-order valence-electron chi connectivity index (χ1n) is 6.52. The van der Waals surface area contributed by atoms with E-state index in [2.05, 4.69) is 32.9 Å². The number of benzene rings is 1. The summed E-state index contributed by atoms with van der Waals surface area (Å²) >= 11 is 0. The third-order valence-corrected chi connectivity index (χ3v) is 4.66. The molecule has 0 saturated carbocycles. The SMILES string of the molecule is CC1=C(C)C(C)c2c1ccc1c2CCCC1. The summed E-state index contributed by atoms with van der Waals surface area (Å²) in [6, 6.07) is 4.74. The first-order chi connectivity index (χ1) is 7.70. The molecule has 16 heavy (non-hydrogen) atoms. The third kappa shape index (κ3) is 1.22. The fraction of sp³-hybridized carbons (Fsp3) is 0.500. The molecule has 2 aliphatic rings. The Bertz CT molecular complexity index is 477.